The van der Waals surface area contributed by atoms with Crippen LogP contribution in [0, 0.1) is 0 Å². The molecule has 18 heavy (non-hydrogen) atoms. The number of benzene rings is 1. The second-order valence-electron chi connectivity index (χ2n) is 3.79. The van der Waals surface area contributed by atoms with E-state index >= 15 is 0 Å². The van der Waals surface area contributed by atoms with Crippen LogP contribution in [-0.2, 0) is 4.79 Å². The molecule has 2 aromatic rings. The topological polar surface area (TPSA) is 72.2 Å². The van der Waals surface area contributed by atoms with Crippen LogP contribution in [0.4, 0.5) is 5.69 Å². The van der Waals surface area contributed by atoms with E-state index in [-0.39, 0.29) is 5.91 Å². The van der Waals surface area contributed by atoms with Crippen molar-refractivity contribution >= 4 is 28.8 Å². The Morgan fingerprint density at radius 2 is 1.78 bits per heavy atom. The number of carbonyl (C=O) groups is 2. The summed E-state index contributed by atoms with van der Waals surface area (Å²) in [5.41, 5.74) is 6.94. The third kappa shape index (κ3) is 2.75. The zero-order valence-electron chi connectivity index (χ0n) is 9.77. The minimum atomic E-state index is -0.416. The van der Waals surface area contributed by atoms with E-state index in [2.05, 4.69) is 5.32 Å². The first-order valence-electron chi connectivity index (χ1n) is 5.34. The monoisotopic (exact) mass is 260 g/mol. The molecule has 5 heteroatoms. The highest BCUT2D eigenvalue weighted by molar-refractivity contribution is 7.17. The number of nitrogens with two attached hydrogens (primary N) is 1. The SMILES string of the molecule is CC(=O)Nc1ccc(-c2ccc(C(N)=O)s2)cc1. The number of hydrogen-bond acceptors (Lipinski definition) is 3. The zero-order valence-corrected chi connectivity index (χ0v) is 10.6. The molecule has 1 aromatic heterocycles. The third-order valence-electron chi connectivity index (χ3n) is 2.34. The lowest BCUT2D eigenvalue weighted by Gasteiger charge is -2.02. The van der Waals surface area contributed by atoms with Crippen molar-refractivity contribution < 1.29 is 9.59 Å². The van der Waals surface area contributed by atoms with Crippen molar-refractivity contribution in [3.63, 3.8) is 0 Å². The first kappa shape index (κ1) is 12.3. The Morgan fingerprint density at radius 1 is 1.11 bits per heavy atom. The van der Waals surface area contributed by atoms with Gasteiger partial charge in [-0.25, -0.2) is 0 Å². The molecular formula is C13H12N2O2S. The summed E-state index contributed by atoms with van der Waals surface area (Å²) in [5.74, 6) is -0.518. The van der Waals surface area contributed by atoms with E-state index in [0.29, 0.717) is 4.88 Å². The average molecular weight is 260 g/mol. The first-order valence-corrected chi connectivity index (χ1v) is 6.15. The number of thiophene rings is 1. The standard InChI is InChI=1S/C13H12N2O2S/c1-8(16)15-10-4-2-9(3-5-10)11-6-7-12(18-11)13(14)17/h2-7H,1H3,(H2,14,17)(H,15,16). The Morgan fingerprint density at radius 3 is 2.28 bits per heavy atom. The highest BCUT2D eigenvalue weighted by Gasteiger charge is 2.06. The van der Waals surface area contributed by atoms with Crippen LogP contribution in [0.3, 0.4) is 0 Å². The molecular weight excluding hydrogens is 248 g/mol. The predicted molar refractivity (Wildman–Crippen MR) is 72.6 cm³/mol. The van der Waals surface area contributed by atoms with Crippen LogP contribution in [0.15, 0.2) is 36.4 Å². The summed E-state index contributed by atoms with van der Waals surface area (Å²) in [6.07, 6.45) is 0. The van der Waals surface area contributed by atoms with Gasteiger partial charge in [0.2, 0.25) is 5.91 Å². The summed E-state index contributed by atoms with van der Waals surface area (Å²) in [7, 11) is 0. The molecule has 0 fully saturated rings. The van der Waals surface area contributed by atoms with E-state index in [1.54, 1.807) is 6.07 Å². The van der Waals surface area contributed by atoms with Gasteiger partial charge in [0.05, 0.1) is 4.88 Å². The van der Waals surface area contributed by atoms with E-state index in [1.807, 2.05) is 30.3 Å². The van der Waals surface area contributed by atoms with Gasteiger partial charge in [-0.15, -0.1) is 11.3 Å². The molecule has 1 heterocycles. The van der Waals surface area contributed by atoms with Crippen LogP contribution in [-0.4, -0.2) is 11.8 Å². The van der Waals surface area contributed by atoms with Gasteiger partial charge in [0.1, 0.15) is 0 Å². The second kappa shape index (κ2) is 5.01. The first-order chi connectivity index (χ1) is 8.56. The van der Waals surface area contributed by atoms with E-state index in [4.69, 9.17) is 5.73 Å². The number of nitrogens with one attached hydrogen (secondary N) is 1. The van der Waals surface area contributed by atoms with Crippen molar-refractivity contribution in [3.05, 3.63) is 41.3 Å². The Bertz CT molecular complexity index is 587. The fourth-order valence-electron chi connectivity index (χ4n) is 1.55. The highest BCUT2D eigenvalue weighted by Crippen LogP contribution is 2.28. The quantitative estimate of drug-likeness (QED) is 0.889. The molecule has 0 aliphatic carbocycles. The molecule has 0 atom stereocenters. The predicted octanol–water partition coefficient (Wildman–Crippen LogP) is 2.47. The number of anilines is 1. The van der Waals surface area contributed by atoms with E-state index in [9.17, 15) is 9.59 Å². The Kier molecular flexibility index (Phi) is 3.43. The molecule has 2 rings (SSSR count). The van der Waals surface area contributed by atoms with Crippen LogP contribution in [0.2, 0.25) is 0 Å². The number of primary amides is 1. The van der Waals surface area contributed by atoms with E-state index < -0.39 is 5.91 Å². The van der Waals surface area contributed by atoms with Crippen LogP contribution in [0.1, 0.15) is 16.6 Å². The lowest BCUT2D eigenvalue weighted by molar-refractivity contribution is -0.114. The molecule has 1 aromatic carbocycles. The van der Waals surface area contributed by atoms with Crippen LogP contribution >= 0.6 is 11.3 Å². The summed E-state index contributed by atoms with van der Waals surface area (Å²) < 4.78 is 0. The summed E-state index contributed by atoms with van der Waals surface area (Å²) in [5, 5.41) is 2.70. The Labute approximate surface area is 108 Å². The van der Waals surface area contributed by atoms with E-state index in [1.165, 1.54) is 18.3 Å². The van der Waals surface area contributed by atoms with Gasteiger partial charge in [-0.05, 0) is 29.8 Å². The number of rotatable bonds is 3. The number of carbonyl (C=O) groups excluding carboxylic acids is 2. The van der Waals surface area contributed by atoms with Crippen molar-refractivity contribution in [2.75, 3.05) is 5.32 Å². The molecule has 0 saturated heterocycles. The van der Waals surface area contributed by atoms with Crippen LogP contribution < -0.4 is 11.1 Å². The van der Waals surface area contributed by atoms with Gasteiger partial charge in [-0.3, -0.25) is 9.59 Å². The smallest absolute Gasteiger partial charge is 0.258 e. The minimum Gasteiger partial charge on any atom is -0.365 e. The van der Waals surface area contributed by atoms with Crippen LogP contribution in [0.25, 0.3) is 10.4 Å². The molecule has 92 valence electrons. The molecule has 0 spiro atoms. The molecule has 4 nitrogen and oxygen atoms in total. The summed E-state index contributed by atoms with van der Waals surface area (Å²) >= 11 is 1.35. The summed E-state index contributed by atoms with van der Waals surface area (Å²) in [6.45, 7) is 1.46. The van der Waals surface area contributed by atoms with Gasteiger partial charge in [0.15, 0.2) is 0 Å². The third-order valence-corrected chi connectivity index (χ3v) is 3.49. The summed E-state index contributed by atoms with van der Waals surface area (Å²) in [6, 6.07) is 11.0. The minimum absolute atomic E-state index is 0.102. The Hall–Kier alpha value is -2.14. The highest BCUT2D eigenvalue weighted by atomic mass is 32.1. The van der Waals surface area contributed by atoms with Crippen molar-refractivity contribution in [1.29, 1.82) is 0 Å². The summed E-state index contributed by atoms with van der Waals surface area (Å²) in [4.78, 5) is 23.4. The maximum atomic E-state index is 11.0. The molecule has 0 aliphatic heterocycles. The molecule has 3 N–H and O–H groups in total. The second-order valence-corrected chi connectivity index (χ2v) is 4.87. The Balaban J connectivity index is 2.22. The van der Waals surface area contributed by atoms with Crippen molar-refractivity contribution in [2.45, 2.75) is 6.92 Å². The molecule has 0 unspecified atom stereocenters. The van der Waals surface area contributed by atoms with Gasteiger partial charge in [0.25, 0.3) is 5.91 Å². The van der Waals surface area contributed by atoms with Crippen molar-refractivity contribution in [1.82, 2.24) is 0 Å². The molecule has 0 aliphatic rings. The molecule has 0 radical (unpaired) electrons. The fourth-order valence-corrected chi connectivity index (χ4v) is 2.41. The average Bonchev–Trinajstić information content (AvgIpc) is 2.78. The lowest BCUT2D eigenvalue weighted by atomic mass is 10.2. The largest absolute Gasteiger partial charge is 0.365 e. The molecule has 2 amide bonds. The molecule has 0 saturated carbocycles. The molecule has 0 bridgehead atoms. The van der Waals surface area contributed by atoms with Gasteiger partial charge in [-0.2, -0.15) is 0 Å². The maximum Gasteiger partial charge on any atom is 0.258 e. The maximum absolute atomic E-state index is 11.0. The van der Waals surface area contributed by atoms with Crippen molar-refractivity contribution in [2.24, 2.45) is 5.73 Å². The van der Waals surface area contributed by atoms with Gasteiger partial charge in [-0.1, -0.05) is 12.1 Å². The van der Waals surface area contributed by atoms with Crippen LogP contribution in [0.5, 0.6) is 0 Å². The number of amides is 2. The normalized spacial score (nSPS) is 10.1. The van der Waals surface area contributed by atoms with E-state index in [0.717, 1.165) is 16.1 Å². The fraction of sp³-hybridized carbons (Fsp3) is 0.0769. The van der Waals surface area contributed by atoms with Gasteiger partial charge in [0, 0.05) is 17.5 Å². The number of hydrogen-bond donors (Lipinski definition) is 2. The lowest BCUT2D eigenvalue weighted by Crippen LogP contribution is -2.07. The van der Waals surface area contributed by atoms with Gasteiger partial charge < -0.3 is 11.1 Å². The zero-order chi connectivity index (χ0) is 13.1. The van der Waals surface area contributed by atoms with Gasteiger partial charge >= 0.3 is 0 Å². The van der Waals surface area contributed by atoms with Crippen molar-refractivity contribution in [3.8, 4) is 10.4 Å².